The van der Waals surface area contributed by atoms with Crippen LogP contribution >= 0.6 is 11.3 Å². The Balaban J connectivity index is 1.31. The molecule has 0 bridgehead atoms. The molecule has 206 valence electrons. The van der Waals surface area contributed by atoms with Crippen LogP contribution in [-0.4, -0.2) is 56.8 Å². The molecular formula is C29H29FN6O2S2. The topological polar surface area (TPSA) is 85.9 Å². The van der Waals surface area contributed by atoms with Gasteiger partial charge in [-0.2, -0.15) is 10.2 Å². The van der Waals surface area contributed by atoms with Gasteiger partial charge >= 0.3 is 0 Å². The van der Waals surface area contributed by atoms with Crippen molar-refractivity contribution in [3.05, 3.63) is 82.1 Å². The summed E-state index contributed by atoms with van der Waals surface area (Å²) in [5.74, 6) is 3.94. The van der Waals surface area contributed by atoms with Crippen molar-refractivity contribution >= 4 is 38.8 Å². The second kappa shape index (κ2) is 9.32. The molecule has 3 atom stereocenters. The third-order valence-corrected chi connectivity index (χ3v) is 11.4. The summed E-state index contributed by atoms with van der Waals surface area (Å²) >= 11 is 1.36. The molecule has 3 aliphatic carbocycles. The second-order valence-electron chi connectivity index (χ2n) is 11.0. The molecule has 0 amide bonds. The average molecular weight is 577 g/mol. The molecule has 3 heterocycles. The second-order valence-corrected chi connectivity index (χ2v) is 14.1. The van der Waals surface area contributed by atoms with E-state index in [-0.39, 0.29) is 23.7 Å². The summed E-state index contributed by atoms with van der Waals surface area (Å²) in [5.41, 5.74) is 2.87. The van der Waals surface area contributed by atoms with Gasteiger partial charge in [-0.3, -0.25) is 9.48 Å². The smallest absolute Gasteiger partial charge is 0.201 e. The summed E-state index contributed by atoms with van der Waals surface area (Å²) in [6, 6.07) is 6.34. The van der Waals surface area contributed by atoms with Crippen molar-refractivity contribution in [1.82, 2.24) is 28.9 Å². The number of hydrogen-bond donors (Lipinski definition) is 0. The van der Waals surface area contributed by atoms with Crippen molar-refractivity contribution in [3.8, 4) is 5.69 Å². The molecule has 3 aliphatic rings. The van der Waals surface area contributed by atoms with E-state index in [2.05, 4.69) is 31.4 Å². The van der Waals surface area contributed by atoms with Crippen LogP contribution in [0.4, 0.5) is 4.39 Å². The van der Waals surface area contributed by atoms with Gasteiger partial charge in [-0.25, -0.2) is 22.6 Å². The van der Waals surface area contributed by atoms with Crippen molar-refractivity contribution in [1.29, 1.82) is 0 Å². The molecule has 1 unspecified atom stereocenters. The number of benzene rings is 1. The Morgan fingerprint density at radius 3 is 2.65 bits per heavy atom. The number of rotatable bonds is 7. The maximum absolute atomic E-state index is 14.3. The molecule has 11 heteroatoms. The van der Waals surface area contributed by atoms with Crippen molar-refractivity contribution in [2.24, 2.45) is 12.5 Å². The predicted molar refractivity (Wildman–Crippen MR) is 153 cm³/mol. The van der Waals surface area contributed by atoms with Crippen LogP contribution in [0.5, 0.6) is 0 Å². The lowest BCUT2D eigenvalue weighted by molar-refractivity contribution is 0.0741. The first-order chi connectivity index (χ1) is 19.3. The summed E-state index contributed by atoms with van der Waals surface area (Å²) in [6.45, 7) is 0. The summed E-state index contributed by atoms with van der Waals surface area (Å²) < 4.78 is 33.5. The molecule has 40 heavy (non-hydrogen) atoms. The lowest BCUT2D eigenvalue weighted by atomic mass is 9.61. The van der Waals surface area contributed by atoms with E-state index in [4.69, 9.17) is 0 Å². The Bertz CT molecular complexity index is 1730. The van der Waals surface area contributed by atoms with Gasteiger partial charge in [0, 0.05) is 36.9 Å². The van der Waals surface area contributed by atoms with Crippen molar-refractivity contribution < 1.29 is 13.4 Å². The van der Waals surface area contributed by atoms with Crippen LogP contribution in [0.1, 0.15) is 53.2 Å². The minimum absolute atomic E-state index is 0.00585. The summed E-state index contributed by atoms with van der Waals surface area (Å²) in [5, 5.41) is 11.2. The molecule has 4 aromatic rings. The summed E-state index contributed by atoms with van der Waals surface area (Å²) in [4.78, 5) is 19.4. The van der Waals surface area contributed by atoms with Gasteiger partial charge in [-0.1, -0.05) is 5.57 Å². The molecule has 8 nitrogen and oxygen atoms in total. The first-order valence-corrected chi connectivity index (χ1v) is 16.0. The quantitative estimate of drug-likeness (QED) is 0.235. The van der Waals surface area contributed by atoms with Gasteiger partial charge in [-0.05, 0) is 80.3 Å². The number of hydrogen-bond acceptors (Lipinski definition) is 6. The molecule has 3 aromatic heterocycles. The SMILES string of the molecule is C=S(=O)(c1cnn(C)c1)N(C1CC1)[C@H]1CCC2=Cc3c(cnn3-c3ccc(F)cc3)C[C@]2(C(=O)c2nccs2)C1. The predicted octanol–water partition coefficient (Wildman–Crippen LogP) is 4.72. The largest absolute Gasteiger partial charge is 0.290 e. The van der Waals surface area contributed by atoms with E-state index in [9.17, 15) is 13.4 Å². The van der Waals surface area contributed by atoms with Crippen molar-refractivity contribution in [3.63, 3.8) is 0 Å². The van der Waals surface area contributed by atoms with E-state index in [1.54, 1.807) is 35.4 Å². The van der Waals surface area contributed by atoms with E-state index >= 15 is 0 Å². The third kappa shape index (κ3) is 4.10. The monoisotopic (exact) mass is 576 g/mol. The normalized spacial score (nSPS) is 23.8. The fraction of sp³-hybridized carbons (Fsp3) is 0.345. The number of ketones is 1. The molecule has 1 aromatic carbocycles. The Morgan fingerprint density at radius 2 is 1.98 bits per heavy atom. The van der Waals surface area contributed by atoms with Crippen LogP contribution in [0.25, 0.3) is 11.8 Å². The number of aryl methyl sites for hydroxylation is 1. The average Bonchev–Trinajstić information content (AvgIpc) is 3.31. The van der Waals surface area contributed by atoms with Crippen LogP contribution in [0, 0.1) is 11.2 Å². The van der Waals surface area contributed by atoms with Gasteiger partial charge in [0.1, 0.15) is 5.82 Å². The number of carbonyl (C=O) groups excluding carboxylic acids is 1. The van der Waals surface area contributed by atoms with Crippen molar-refractivity contribution in [2.75, 3.05) is 0 Å². The molecule has 7 rings (SSSR count). The lowest BCUT2D eigenvalue weighted by Crippen LogP contribution is -2.51. The zero-order valence-corrected chi connectivity index (χ0v) is 23.7. The fourth-order valence-electron chi connectivity index (χ4n) is 6.42. The fourth-order valence-corrected chi connectivity index (χ4v) is 9.22. The molecule has 0 spiro atoms. The number of carbonyl (C=O) groups is 1. The van der Waals surface area contributed by atoms with E-state index in [0.717, 1.165) is 41.8 Å². The first kappa shape index (κ1) is 25.6. The highest BCUT2D eigenvalue weighted by atomic mass is 32.2. The van der Waals surface area contributed by atoms with Gasteiger partial charge in [0.05, 0.1) is 43.8 Å². The van der Waals surface area contributed by atoms with E-state index in [1.165, 1.54) is 23.5 Å². The van der Waals surface area contributed by atoms with Crippen LogP contribution in [-0.2, 0) is 23.2 Å². The Hall–Kier alpha value is -3.41. The van der Waals surface area contributed by atoms with Gasteiger partial charge in [0.25, 0.3) is 0 Å². The number of thiazole rings is 1. The third-order valence-electron chi connectivity index (χ3n) is 8.42. The minimum Gasteiger partial charge on any atom is -0.290 e. The molecule has 0 saturated heterocycles. The highest BCUT2D eigenvalue weighted by Crippen LogP contribution is 2.52. The Labute approximate surface area is 236 Å². The Morgan fingerprint density at radius 1 is 1.18 bits per heavy atom. The first-order valence-electron chi connectivity index (χ1n) is 13.4. The lowest BCUT2D eigenvalue weighted by Gasteiger charge is -2.47. The van der Waals surface area contributed by atoms with Crippen LogP contribution in [0.2, 0.25) is 0 Å². The van der Waals surface area contributed by atoms with E-state index < -0.39 is 15.1 Å². The van der Waals surface area contributed by atoms with E-state index in [0.29, 0.717) is 29.2 Å². The zero-order valence-electron chi connectivity index (χ0n) is 22.1. The molecular weight excluding hydrogens is 547 g/mol. The zero-order chi connectivity index (χ0) is 27.6. The van der Waals surface area contributed by atoms with E-state index in [1.807, 2.05) is 23.3 Å². The highest BCUT2D eigenvalue weighted by molar-refractivity contribution is 7.98. The summed E-state index contributed by atoms with van der Waals surface area (Å²) in [7, 11) is -0.986. The minimum atomic E-state index is -2.80. The highest BCUT2D eigenvalue weighted by Gasteiger charge is 2.53. The van der Waals surface area contributed by atoms with Crippen LogP contribution in [0.3, 0.4) is 0 Å². The molecule has 0 aliphatic heterocycles. The molecule has 2 fully saturated rings. The van der Waals surface area contributed by atoms with Crippen molar-refractivity contribution in [2.45, 2.75) is 55.5 Å². The van der Waals surface area contributed by atoms with Crippen LogP contribution in [0.15, 0.2) is 64.9 Å². The van der Waals surface area contributed by atoms with Gasteiger partial charge in [0.15, 0.2) is 5.01 Å². The number of allylic oxidation sites excluding steroid dienone is 1. The van der Waals surface area contributed by atoms with Gasteiger partial charge in [0.2, 0.25) is 5.78 Å². The summed E-state index contributed by atoms with van der Waals surface area (Å²) in [6.07, 6.45) is 13.4. The maximum atomic E-state index is 14.3. The number of Topliss-reactive ketones (excluding diaryl/α,β-unsaturated/α-hetero) is 1. The Kier molecular flexibility index (Phi) is 5.95. The molecule has 0 N–H and O–H groups in total. The molecule has 0 radical (unpaired) electrons. The number of aromatic nitrogens is 5. The van der Waals surface area contributed by atoms with Crippen LogP contribution < -0.4 is 0 Å². The maximum Gasteiger partial charge on any atom is 0.201 e. The molecule has 2 saturated carbocycles. The standard InChI is InChI=1S/C29H29FN6O2S2/c1-34-18-25(17-32-34)40(2,38)36(23-9-10-23)24-6-3-20-13-26-19(16-33-35(26)22-7-4-21(30)5-8-22)14-29(20,15-24)27(37)28-31-11-12-39-28/h4-5,7-8,11-13,16-18,23-24H,2-3,6,9-10,14-15H2,1H3/t24-,29-,40?/m0/s1. The van der Waals surface area contributed by atoms with Gasteiger partial charge in [-0.15, -0.1) is 11.3 Å². The van der Waals surface area contributed by atoms with Gasteiger partial charge < -0.3 is 0 Å². The number of nitrogens with zero attached hydrogens (tertiary/aromatic N) is 6. The number of halogens is 1. The number of fused-ring (bicyclic) bond motifs is 2.